The Balaban J connectivity index is 2.34. The van der Waals surface area contributed by atoms with Crippen molar-refractivity contribution in [2.75, 3.05) is 0 Å². The number of carbonyl (C=O) groups excluding carboxylic acids is 2. The summed E-state index contributed by atoms with van der Waals surface area (Å²) in [6.45, 7) is 1.52. The average molecular weight is 156 g/mol. The minimum absolute atomic E-state index is 0.0877. The molecule has 1 heterocycles. The van der Waals surface area contributed by atoms with Crippen LogP contribution in [0.4, 0.5) is 0 Å². The molecule has 1 rings (SSSR count). The van der Waals surface area contributed by atoms with Gasteiger partial charge in [-0.3, -0.25) is 9.59 Å². The summed E-state index contributed by atoms with van der Waals surface area (Å²) in [7, 11) is 0. The van der Waals surface area contributed by atoms with Crippen LogP contribution in [0.25, 0.3) is 0 Å². The quantitative estimate of drug-likeness (QED) is 0.561. The molecule has 1 unspecified atom stereocenters. The number of Topliss-reactive ketones (excluding diaryl/α,β-unsaturated/α-hetero) is 1. The molecule has 1 fully saturated rings. The normalized spacial score (nSPS) is 24.5. The summed E-state index contributed by atoms with van der Waals surface area (Å²) in [4.78, 5) is 21.3. The fourth-order valence-electron chi connectivity index (χ4n) is 1.24. The first kappa shape index (κ1) is 8.24. The molecule has 0 aromatic carbocycles. The van der Waals surface area contributed by atoms with Crippen molar-refractivity contribution in [3.63, 3.8) is 0 Å². The Hall–Kier alpha value is -0.860. The van der Waals surface area contributed by atoms with Crippen molar-refractivity contribution >= 4 is 11.8 Å². The standard InChI is InChI=1S/C8H12O3/c1-6(9)5-7-3-2-4-8(10)11-7/h7H,2-5H2,1H3. The van der Waals surface area contributed by atoms with Crippen molar-refractivity contribution in [3.8, 4) is 0 Å². The van der Waals surface area contributed by atoms with Gasteiger partial charge in [0.25, 0.3) is 0 Å². The van der Waals surface area contributed by atoms with Gasteiger partial charge in [-0.05, 0) is 19.8 Å². The van der Waals surface area contributed by atoms with E-state index in [1.54, 1.807) is 0 Å². The molecule has 0 radical (unpaired) electrons. The molecule has 1 atom stereocenters. The SMILES string of the molecule is CC(=O)CC1CCCC(=O)O1. The van der Waals surface area contributed by atoms with E-state index in [1.165, 1.54) is 6.92 Å². The molecule has 11 heavy (non-hydrogen) atoms. The van der Waals surface area contributed by atoms with Crippen molar-refractivity contribution < 1.29 is 14.3 Å². The lowest BCUT2D eigenvalue weighted by atomic mass is 10.0. The Morgan fingerprint density at radius 1 is 1.73 bits per heavy atom. The average Bonchev–Trinajstić information content (AvgIpc) is 1.85. The van der Waals surface area contributed by atoms with E-state index < -0.39 is 0 Å². The second-order valence-electron chi connectivity index (χ2n) is 2.91. The third-order valence-corrected chi connectivity index (χ3v) is 1.72. The Labute approximate surface area is 65.7 Å². The van der Waals surface area contributed by atoms with Gasteiger partial charge in [-0.1, -0.05) is 0 Å². The van der Waals surface area contributed by atoms with Crippen LogP contribution in [0, 0.1) is 0 Å². The molecule has 0 aliphatic carbocycles. The predicted octanol–water partition coefficient (Wildman–Crippen LogP) is 1.06. The fourth-order valence-corrected chi connectivity index (χ4v) is 1.24. The number of esters is 1. The Bertz CT molecular complexity index is 172. The van der Waals surface area contributed by atoms with Crippen LogP contribution >= 0.6 is 0 Å². The van der Waals surface area contributed by atoms with Gasteiger partial charge < -0.3 is 4.74 Å². The molecule has 0 saturated carbocycles. The summed E-state index contributed by atoms with van der Waals surface area (Å²) in [6, 6.07) is 0. The molecule has 0 aromatic heterocycles. The van der Waals surface area contributed by atoms with Gasteiger partial charge in [-0.2, -0.15) is 0 Å². The van der Waals surface area contributed by atoms with E-state index in [0.717, 1.165) is 12.8 Å². The minimum Gasteiger partial charge on any atom is -0.462 e. The number of rotatable bonds is 2. The molecule has 1 aliphatic rings. The molecule has 0 amide bonds. The number of hydrogen-bond acceptors (Lipinski definition) is 3. The summed E-state index contributed by atoms with van der Waals surface area (Å²) < 4.78 is 4.94. The summed E-state index contributed by atoms with van der Waals surface area (Å²) in [5, 5.41) is 0. The molecule has 1 saturated heterocycles. The monoisotopic (exact) mass is 156 g/mol. The molecule has 1 aliphatic heterocycles. The first-order valence-electron chi connectivity index (χ1n) is 3.87. The van der Waals surface area contributed by atoms with Gasteiger partial charge in [-0.25, -0.2) is 0 Å². The molecule has 0 aromatic rings. The van der Waals surface area contributed by atoms with Crippen LogP contribution in [0.5, 0.6) is 0 Å². The minimum atomic E-state index is -0.164. The maximum absolute atomic E-state index is 10.7. The zero-order valence-corrected chi connectivity index (χ0v) is 6.63. The fraction of sp³-hybridized carbons (Fsp3) is 0.750. The highest BCUT2D eigenvalue weighted by Gasteiger charge is 2.20. The van der Waals surface area contributed by atoms with Crippen LogP contribution in [-0.4, -0.2) is 17.9 Å². The van der Waals surface area contributed by atoms with Gasteiger partial charge in [0.15, 0.2) is 0 Å². The van der Waals surface area contributed by atoms with Gasteiger partial charge in [0.05, 0.1) is 0 Å². The summed E-state index contributed by atoms with van der Waals surface area (Å²) in [5.41, 5.74) is 0. The molecule has 0 spiro atoms. The smallest absolute Gasteiger partial charge is 0.306 e. The van der Waals surface area contributed by atoms with Gasteiger partial charge in [-0.15, -0.1) is 0 Å². The largest absolute Gasteiger partial charge is 0.462 e. The number of ether oxygens (including phenoxy) is 1. The molecular weight excluding hydrogens is 144 g/mol. The van der Waals surface area contributed by atoms with Crippen LogP contribution in [0.1, 0.15) is 32.6 Å². The van der Waals surface area contributed by atoms with Crippen molar-refractivity contribution in [2.45, 2.75) is 38.7 Å². The van der Waals surface area contributed by atoms with Crippen LogP contribution in [0.3, 0.4) is 0 Å². The second kappa shape index (κ2) is 3.51. The highest BCUT2D eigenvalue weighted by atomic mass is 16.5. The van der Waals surface area contributed by atoms with E-state index in [-0.39, 0.29) is 17.9 Å². The topological polar surface area (TPSA) is 43.4 Å². The zero-order chi connectivity index (χ0) is 8.27. The van der Waals surface area contributed by atoms with Crippen molar-refractivity contribution in [1.29, 1.82) is 0 Å². The third kappa shape index (κ3) is 2.70. The Kier molecular flexibility index (Phi) is 2.63. The highest BCUT2D eigenvalue weighted by molar-refractivity contribution is 5.77. The van der Waals surface area contributed by atoms with E-state index in [9.17, 15) is 9.59 Å². The van der Waals surface area contributed by atoms with E-state index in [0.29, 0.717) is 12.8 Å². The number of ketones is 1. The summed E-state index contributed by atoms with van der Waals surface area (Å²) >= 11 is 0. The molecule has 3 nitrogen and oxygen atoms in total. The van der Waals surface area contributed by atoms with Crippen molar-refractivity contribution in [2.24, 2.45) is 0 Å². The van der Waals surface area contributed by atoms with E-state index in [1.807, 2.05) is 0 Å². The lowest BCUT2D eigenvalue weighted by Crippen LogP contribution is -2.25. The second-order valence-corrected chi connectivity index (χ2v) is 2.91. The van der Waals surface area contributed by atoms with Gasteiger partial charge >= 0.3 is 5.97 Å². The first-order chi connectivity index (χ1) is 5.18. The lowest BCUT2D eigenvalue weighted by molar-refractivity contribution is -0.154. The van der Waals surface area contributed by atoms with Crippen LogP contribution < -0.4 is 0 Å². The van der Waals surface area contributed by atoms with Crippen LogP contribution in [-0.2, 0) is 14.3 Å². The van der Waals surface area contributed by atoms with Crippen LogP contribution in [0.15, 0.2) is 0 Å². The van der Waals surface area contributed by atoms with E-state index in [4.69, 9.17) is 4.74 Å². The van der Waals surface area contributed by atoms with Crippen molar-refractivity contribution in [1.82, 2.24) is 0 Å². The van der Waals surface area contributed by atoms with Crippen LogP contribution in [0.2, 0.25) is 0 Å². The Morgan fingerprint density at radius 2 is 2.45 bits per heavy atom. The Morgan fingerprint density at radius 3 is 3.00 bits per heavy atom. The lowest BCUT2D eigenvalue weighted by Gasteiger charge is -2.20. The van der Waals surface area contributed by atoms with E-state index >= 15 is 0 Å². The zero-order valence-electron chi connectivity index (χ0n) is 6.63. The first-order valence-corrected chi connectivity index (χ1v) is 3.87. The number of carbonyl (C=O) groups is 2. The third-order valence-electron chi connectivity index (χ3n) is 1.72. The highest BCUT2D eigenvalue weighted by Crippen LogP contribution is 2.16. The molecular formula is C8H12O3. The van der Waals surface area contributed by atoms with E-state index in [2.05, 4.69) is 0 Å². The van der Waals surface area contributed by atoms with Gasteiger partial charge in [0.2, 0.25) is 0 Å². The van der Waals surface area contributed by atoms with Crippen molar-refractivity contribution in [3.05, 3.63) is 0 Å². The predicted molar refractivity (Wildman–Crippen MR) is 39.0 cm³/mol. The molecule has 3 heteroatoms. The summed E-state index contributed by atoms with van der Waals surface area (Å²) in [6.07, 6.45) is 2.44. The number of hydrogen-bond donors (Lipinski definition) is 0. The summed E-state index contributed by atoms with van der Waals surface area (Å²) in [5.74, 6) is -0.0767. The molecule has 0 N–H and O–H groups in total. The molecule has 62 valence electrons. The molecule has 0 bridgehead atoms. The number of cyclic esters (lactones) is 1. The van der Waals surface area contributed by atoms with Gasteiger partial charge in [0.1, 0.15) is 11.9 Å². The maximum atomic E-state index is 10.7. The maximum Gasteiger partial charge on any atom is 0.306 e. The van der Waals surface area contributed by atoms with Gasteiger partial charge in [0, 0.05) is 12.8 Å².